The van der Waals surface area contributed by atoms with E-state index in [-0.39, 0.29) is 0 Å². The van der Waals surface area contributed by atoms with E-state index in [2.05, 4.69) is 72.3 Å². The molecule has 2 aromatic rings. The summed E-state index contributed by atoms with van der Waals surface area (Å²) >= 11 is 0. The van der Waals surface area contributed by atoms with Gasteiger partial charge in [0.15, 0.2) is 0 Å². The Bertz CT molecular complexity index is 559. The molecule has 2 nitrogen and oxygen atoms in total. The number of anilines is 4. The van der Waals surface area contributed by atoms with Gasteiger partial charge < -0.3 is 9.80 Å². The normalized spacial score (nSPS) is 13.0. The zero-order chi connectivity index (χ0) is 14.7. The fraction of sp³-hybridized carbons (Fsp3) is 0.368. The minimum Gasteiger partial charge on any atom is -0.341 e. The van der Waals surface area contributed by atoms with Crippen molar-refractivity contribution in [3.8, 4) is 0 Å². The van der Waals surface area contributed by atoms with Gasteiger partial charge in [-0.2, -0.15) is 0 Å². The van der Waals surface area contributed by atoms with Crippen molar-refractivity contribution < 1.29 is 0 Å². The lowest BCUT2D eigenvalue weighted by Crippen LogP contribution is -2.28. The molecule has 0 saturated carbocycles. The summed E-state index contributed by atoms with van der Waals surface area (Å²) < 4.78 is 0. The van der Waals surface area contributed by atoms with E-state index in [4.69, 9.17) is 0 Å². The number of nitrogens with zero attached hydrogens (tertiary/aromatic N) is 2. The van der Waals surface area contributed by atoms with Crippen molar-refractivity contribution in [3.05, 3.63) is 48.5 Å². The van der Waals surface area contributed by atoms with Crippen LogP contribution in [0.2, 0.25) is 0 Å². The third-order valence-electron chi connectivity index (χ3n) is 4.30. The van der Waals surface area contributed by atoms with Crippen molar-refractivity contribution >= 4 is 22.7 Å². The van der Waals surface area contributed by atoms with E-state index in [9.17, 15) is 0 Å². The summed E-state index contributed by atoms with van der Waals surface area (Å²) in [6.07, 6.45) is 5.18. The molecule has 21 heavy (non-hydrogen) atoms. The number of benzene rings is 2. The lowest BCUT2D eigenvalue weighted by atomic mass is 10.1. The van der Waals surface area contributed by atoms with Gasteiger partial charge in [-0.25, -0.2) is 0 Å². The van der Waals surface area contributed by atoms with Gasteiger partial charge in [-0.1, -0.05) is 50.5 Å². The molecule has 0 N–H and O–H groups in total. The van der Waals surface area contributed by atoms with Gasteiger partial charge >= 0.3 is 0 Å². The summed E-state index contributed by atoms with van der Waals surface area (Å²) in [5, 5.41) is 0. The molecule has 0 aliphatic carbocycles. The molecular formula is C19H24N2. The average Bonchev–Trinajstić information content (AvgIpc) is 2.54. The van der Waals surface area contributed by atoms with Crippen LogP contribution in [0.5, 0.6) is 0 Å². The smallest absolute Gasteiger partial charge is 0.0652 e. The molecule has 1 heterocycles. The van der Waals surface area contributed by atoms with E-state index < -0.39 is 0 Å². The molecule has 0 saturated heterocycles. The summed E-state index contributed by atoms with van der Waals surface area (Å²) in [5.74, 6) is 0. The maximum Gasteiger partial charge on any atom is 0.0652 e. The zero-order valence-electron chi connectivity index (χ0n) is 13.0. The van der Waals surface area contributed by atoms with Crippen LogP contribution in [0.4, 0.5) is 22.7 Å². The Hall–Kier alpha value is -1.96. The molecule has 1 aliphatic heterocycles. The summed E-state index contributed by atoms with van der Waals surface area (Å²) in [7, 11) is 2.16. The van der Waals surface area contributed by atoms with Gasteiger partial charge in [0.2, 0.25) is 0 Å². The van der Waals surface area contributed by atoms with Gasteiger partial charge in [0.1, 0.15) is 0 Å². The molecule has 0 unspecified atom stereocenters. The Labute approximate surface area is 128 Å². The van der Waals surface area contributed by atoms with Crippen LogP contribution in [0, 0.1) is 0 Å². The van der Waals surface area contributed by atoms with Crippen molar-refractivity contribution in [2.45, 2.75) is 32.6 Å². The van der Waals surface area contributed by atoms with E-state index in [0.717, 1.165) is 6.54 Å². The highest BCUT2D eigenvalue weighted by atomic mass is 15.3. The molecule has 0 bridgehead atoms. The van der Waals surface area contributed by atoms with Crippen molar-refractivity contribution in [1.29, 1.82) is 0 Å². The Kier molecular flexibility index (Phi) is 4.14. The van der Waals surface area contributed by atoms with E-state index in [1.54, 1.807) is 0 Å². The van der Waals surface area contributed by atoms with Gasteiger partial charge in [-0.3, -0.25) is 0 Å². The van der Waals surface area contributed by atoms with Crippen molar-refractivity contribution in [2.24, 2.45) is 0 Å². The molecule has 2 heteroatoms. The van der Waals surface area contributed by atoms with Gasteiger partial charge in [-0.15, -0.1) is 0 Å². The molecule has 2 aromatic carbocycles. The molecule has 0 radical (unpaired) electrons. The molecular weight excluding hydrogens is 256 g/mol. The Morgan fingerprint density at radius 2 is 1.24 bits per heavy atom. The first-order valence-corrected chi connectivity index (χ1v) is 8.02. The van der Waals surface area contributed by atoms with Crippen molar-refractivity contribution in [2.75, 3.05) is 23.4 Å². The molecule has 0 fully saturated rings. The molecule has 0 atom stereocenters. The SMILES string of the molecule is CCCCCCN1c2ccccc2N(C)c2ccccc21. The molecule has 110 valence electrons. The number of hydrogen-bond donors (Lipinski definition) is 0. The number of unbranched alkanes of at least 4 members (excludes halogenated alkanes) is 3. The van der Waals surface area contributed by atoms with Crippen LogP contribution in [0.3, 0.4) is 0 Å². The standard InChI is InChI=1S/C19H24N2/c1-3-4-5-10-15-21-18-13-8-6-11-16(18)20(2)17-12-7-9-14-19(17)21/h6-9,11-14H,3-5,10,15H2,1-2H3. The molecule has 0 aromatic heterocycles. The first kappa shape index (κ1) is 14.0. The number of hydrogen-bond acceptors (Lipinski definition) is 2. The topological polar surface area (TPSA) is 6.48 Å². The molecule has 3 rings (SSSR count). The molecule has 0 amide bonds. The maximum atomic E-state index is 2.49. The Balaban J connectivity index is 1.93. The van der Waals surface area contributed by atoms with E-state index >= 15 is 0 Å². The summed E-state index contributed by atoms with van der Waals surface area (Å²) in [6.45, 7) is 3.36. The molecule has 1 aliphatic rings. The van der Waals surface area contributed by atoms with Crippen LogP contribution in [0.1, 0.15) is 32.6 Å². The fourth-order valence-electron chi connectivity index (χ4n) is 3.15. The Morgan fingerprint density at radius 3 is 1.76 bits per heavy atom. The predicted octanol–water partition coefficient (Wildman–Crippen LogP) is 5.49. The minimum atomic E-state index is 1.10. The second-order valence-electron chi connectivity index (χ2n) is 5.75. The summed E-state index contributed by atoms with van der Waals surface area (Å²) in [6, 6.07) is 17.4. The van der Waals surface area contributed by atoms with Crippen LogP contribution in [0.15, 0.2) is 48.5 Å². The van der Waals surface area contributed by atoms with Gasteiger partial charge in [0.25, 0.3) is 0 Å². The first-order chi connectivity index (χ1) is 10.3. The largest absolute Gasteiger partial charge is 0.341 e. The lowest BCUT2D eigenvalue weighted by Gasteiger charge is -2.38. The highest BCUT2D eigenvalue weighted by molar-refractivity contribution is 5.92. The van der Waals surface area contributed by atoms with Crippen LogP contribution >= 0.6 is 0 Å². The van der Waals surface area contributed by atoms with Crippen molar-refractivity contribution in [3.63, 3.8) is 0 Å². The first-order valence-electron chi connectivity index (χ1n) is 8.02. The number of para-hydroxylation sites is 4. The van der Waals surface area contributed by atoms with E-state index in [1.807, 2.05) is 0 Å². The fourth-order valence-corrected chi connectivity index (χ4v) is 3.15. The highest BCUT2D eigenvalue weighted by Gasteiger charge is 2.24. The maximum absolute atomic E-state index is 2.49. The van der Waals surface area contributed by atoms with Gasteiger partial charge in [-0.05, 0) is 30.7 Å². The summed E-state index contributed by atoms with van der Waals surface area (Å²) in [4.78, 5) is 4.79. The second-order valence-corrected chi connectivity index (χ2v) is 5.75. The van der Waals surface area contributed by atoms with Gasteiger partial charge in [0, 0.05) is 13.6 Å². The van der Waals surface area contributed by atoms with E-state index in [1.165, 1.54) is 48.4 Å². The monoisotopic (exact) mass is 280 g/mol. The highest BCUT2D eigenvalue weighted by Crippen LogP contribution is 2.46. The van der Waals surface area contributed by atoms with Crippen LogP contribution in [0.25, 0.3) is 0 Å². The Morgan fingerprint density at radius 1 is 0.714 bits per heavy atom. The van der Waals surface area contributed by atoms with E-state index in [0.29, 0.717) is 0 Å². The average molecular weight is 280 g/mol. The minimum absolute atomic E-state index is 1.10. The zero-order valence-corrected chi connectivity index (χ0v) is 13.0. The predicted molar refractivity (Wildman–Crippen MR) is 92.1 cm³/mol. The quantitative estimate of drug-likeness (QED) is 0.668. The van der Waals surface area contributed by atoms with Gasteiger partial charge in [0.05, 0.1) is 22.7 Å². The van der Waals surface area contributed by atoms with Crippen molar-refractivity contribution in [1.82, 2.24) is 0 Å². The lowest BCUT2D eigenvalue weighted by molar-refractivity contribution is 0.667. The van der Waals surface area contributed by atoms with Crippen LogP contribution < -0.4 is 9.80 Å². The van der Waals surface area contributed by atoms with Crippen LogP contribution in [-0.2, 0) is 0 Å². The third kappa shape index (κ3) is 2.63. The van der Waals surface area contributed by atoms with Crippen LogP contribution in [-0.4, -0.2) is 13.6 Å². The number of rotatable bonds is 5. The second kappa shape index (κ2) is 6.21. The number of fused-ring (bicyclic) bond motifs is 2. The summed E-state index contributed by atoms with van der Waals surface area (Å²) in [5.41, 5.74) is 5.25. The molecule has 0 spiro atoms. The third-order valence-corrected chi connectivity index (χ3v) is 4.30.